The van der Waals surface area contributed by atoms with Gasteiger partial charge in [-0.25, -0.2) is 9.18 Å². The summed E-state index contributed by atoms with van der Waals surface area (Å²) in [6.07, 6.45) is 3.60. The van der Waals surface area contributed by atoms with Crippen LogP contribution in [0.4, 0.5) is 9.18 Å². The first-order valence-electron chi connectivity index (χ1n) is 9.05. The summed E-state index contributed by atoms with van der Waals surface area (Å²) in [5, 5.41) is 12.3. The minimum atomic E-state index is -0.871. The molecule has 2 aromatic rings. The number of nitrogens with one attached hydrogen (secondary N) is 1. The number of pyridine rings is 1. The third-order valence-electron chi connectivity index (χ3n) is 5.44. The molecule has 2 bridgehead atoms. The number of amides is 2. The summed E-state index contributed by atoms with van der Waals surface area (Å²) < 4.78 is 13.3. The van der Waals surface area contributed by atoms with Gasteiger partial charge in [-0.1, -0.05) is 12.1 Å². The lowest BCUT2D eigenvalue weighted by Gasteiger charge is -2.37. The van der Waals surface area contributed by atoms with Crippen molar-refractivity contribution in [2.75, 3.05) is 0 Å². The average molecular weight is 369 g/mol. The van der Waals surface area contributed by atoms with Crippen molar-refractivity contribution in [3.8, 4) is 11.3 Å². The zero-order valence-electron chi connectivity index (χ0n) is 14.6. The van der Waals surface area contributed by atoms with Crippen LogP contribution in [0.25, 0.3) is 11.3 Å². The second-order valence-electron chi connectivity index (χ2n) is 7.16. The predicted octanol–water partition coefficient (Wildman–Crippen LogP) is 3.29. The molecule has 3 atom stereocenters. The van der Waals surface area contributed by atoms with Crippen LogP contribution < -0.4 is 5.32 Å². The number of halogens is 1. The van der Waals surface area contributed by atoms with Crippen LogP contribution in [0, 0.1) is 5.82 Å². The van der Waals surface area contributed by atoms with E-state index in [1.165, 1.54) is 23.2 Å². The van der Waals surface area contributed by atoms with E-state index in [-0.39, 0.29) is 29.8 Å². The average Bonchev–Trinajstić information content (AvgIpc) is 2.93. The van der Waals surface area contributed by atoms with E-state index in [0.29, 0.717) is 29.7 Å². The third kappa shape index (κ3) is 3.49. The van der Waals surface area contributed by atoms with Gasteiger partial charge in [-0.3, -0.25) is 9.78 Å². The van der Waals surface area contributed by atoms with E-state index in [1.54, 1.807) is 24.3 Å². The number of piperidine rings is 1. The summed E-state index contributed by atoms with van der Waals surface area (Å²) in [4.78, 5) is 29.7. The van der Waals surface area contributed by atoms with Crippen molar-refractivity contribution < 1.29 is 19.1 Å². The van der Waals surface area contributed by atoms with Crippen LogP contribution in [0.2, 0.25) is 0 Å². The number of rotatable bonds is 3. The molecule has 2 fully saturated rings. The van der Waals surface area contributed by atoms with Crippen LogP contribution in [-0.4, -0.2) is 45.1 Å². The molecule has 1 unspecified atom stereocenters. The Bertz CT molecular complexity index is 857. The highest BCUT2D eigenvalue weighted by molar-refractivity contribution is 5.94. The van der Waals surface area contributed by atoms with Gasteiger partial charge >= 0.3 is 6.09 Å². The van der Waals surface area contributed by atoms with Crippen molar-refractivity contribution in [2.45, 2.75) is 43.8 Å². The number of hydrogen-bond donors (Lipinski definition) is 2. The van der Waals surface area contributed by atoms with E-state index in [2.05, 4.69) is 10.3 Å². The van der Waals surface area contributed by atoms with Crippen LogP contribution in [0.5, 0.6) is 0 Å². The zero-order chi connectivity index (χ0) is 19.0. The van der Waals surface area contributed by atoms with Gasteiger partial charge in [-0.2, -0.15) is 0 Å². The van der Waals surface area contributed by atoms with Gasteiger partial charge in [0.2, 0.25) is 0 Å². The minimum absolute atomic E-state index is 0.0139. The number of carbonyl (C=O) groups excluding carboxylic acids is 1. The molecule has 27 heavy (non-hydrogen) atoms. The largest absolute Gasteiger partial charge is 0.465 e. The molecule has 2 aliphatic rings. The summed E-state index contributed by atoms with van der Waals surface area (Å²) in [6, 6.07) is 9.45. The molecule has 6 nitrogen and oxygen atoms in total. The van der Waals surface area contributed by atoms with E-state index < -0.39 is 6.09 Å². The summed E-state index contributed by atoms with van der Waals surface area (Å²) in [6.45, 7) is 0. The fourth-order valence-electron chi connectivity index (χ4n) is 4.22. The lowest BCUT2D eigenvalue weighted by molar-refractivity contribution is 0.0810. The van der Waals surface area contributed by atoms with E-state index in [1.807, 2.05) is 0 Å². The number of hydrogen-bond acceptors (Lipinski definition) is 3. The highest BCUT2D eigenvalue weighted by Gasteiger charge is 2.43. The molecule has 2 aliphatic heterocycles. The number of benzene rings is 1. The molecule has 0 spiro atoms. The van der Waals surface area contributed by atoms with Crippen molar-refractivity contribution >= 4 is 12.0 Å². The first-order valence-corrected chi connectivity index (χ1v) is 9.05. The Labute approximate surface area is 156 Å². The maximum absolute atomic E-state index is 13.3. The van der Waals surface area contributed by atoms with Crippen LogP contribution >= 0.6 is 0 Å². The minimum Gasteiger partial charge on any atom is -0.465 e. The van der Waals surface area contributed by atoms with Crippen LogP contribution in [0.1, 0.15) is 36.0 Å². The van der Waals surface area contributed by atoms with Gasteiger partial charge in [0.25, 0.3) is 5.91 Å². The predicted molar refractivity (Wildman–Crippen MR) is 96.8 cm³/mol. The number of carbonyl (C=O) groups is 2. The quantitative estimate of drug-likeness (QED) is 0.870. The number of nitrogens with zero attached hydrogens (tertiary/aromatic N) is 2. The van der Waals surface area contributed by atoms with E-state index in [4.69, 9.17) is 0 Å². The fourth-order valence-corrected chi connectivity index (χ4v) is 4.22. The highest BCUT2D eigenvalue weighted by atomic mass is 19.1. The molecule has 4 rings (SSSR count). The van der Waals surface area contributed by atoms with Crippen LogP contribution in [-0.2, 0) is 0 Å². The molecule has 2 saturated heterocycles. The van der Waals surface area contributed by atoms with Crippen molar-refractivity contribution in [3.05, 3.63) is 54.0 Å². The second-order valence-corrected chi connectivity index (χ2v) is 7.16. The summed E-state index contributed by atoms with van der Waals surface area (Å²) >= 11 is 0. The lowest BCUT2D eigenvalue weighted by Crippen LogP contribution is -2.52. The molecule has 1 aromatic heterocycles. The Hall–Kier alpha value is -2.96. The van der Waals surface area contributed by atoms with E-state index in [0.717, 1.165) is 12.8 Å². The summed E-state index contributed by atoms with van der Waals surface area (Å²) in [5.41, 5.74) is 1.68. The molecule has 3 heterocycles. The van der Waals surface area contributed by atoms with Crippen molar-refractivity contribution in [3.63, 3.8) is 0 Å². The Morgan fingerprint density at radius 3 is 2.48 bits per heavy atom. The third-order valence-corrected chi connectivity index (χ3v) is 5.44. The molecular weight excluding hydrogens is 349 g/mol. The number of fused-ring (bicyclic) bond motifs is 2. The maximum atomic E-state index is 13.3. The standard InChI is InChI=1S/C20H20FN3O3/c21-14-3-1-2-12(8-14)18-7-4-13(11-22-18)19(25)23-15-9-16-5-6-17(10-15)24(16)20(26)27/h1-4,7-8,11,15-17H,5-6,9-10H2,(H,23,25)(H,26,27)/t15?,16-,17+. The molecular formula is C20H20FN3O3. The smallest absolute Gasteiger partial charge is 0.407 e. The normalized spacial score (nSPS) is 23.9. The summed E-state index contributed by atoms with van der Waals surface area (Å²) in [7, 11) is 0. The first kappa shape index (κ1) is 17.5. The van der Waals surface area contributed by atoms with Gasteiger partial charge in [-0.15, -0.1) is 0 Å². The topological polar surface area (TPSA) is 82.5 Å². The lowest BCUT2D eigenvalue weighted by atomic mass is 9.97. The molecule has 2 amide bonds. The summed E-state index contributed by atoms with van der Waals surface area (Å²) in [5.74, 6) is -0.556. The van der Waals surface area contributed by atoms with Gasteiger partial charge in [0, 0.05) is 29.9 Å². The maximum Gasteiger partial charge on any atom is 0.407 e. The van der Waals surface area contributed by atoms with Gasteiger partial charge < -0.3 is 15.3 Å². The Morgan fingerprint density at radius 1 is 1.15 bits per heavy atom. The van der Waals surface area contributed by atoms with Crippen molar-refractivity contribution in [1.82, 2.24) is 15.2 Å². The van der Waals surface area contributed by atoms with Crippen molar-refractivity contribution in [1.29, 1.82) is 0 Å². The van der Waals surface area contributed by atoms with E-state index >= 15 is 0 Å². The van der Waals surface area contributed by atoms with E-state index in [9.17, 15) is 19.1 Å². The highest BCUT2D eigenvalue weighted by Crippen LogP contribution is 2.35. The Balaban J connectivity index is 1.41. The molecule has 2 N–H and O–H groups in total. The Morgan fingerprint density at radius 2 is 1.89 bits per heavy atom. The molecule has 0 saturated carbocycles. The molecule has 0 radical (unpaired) electrons. The van der Waals surface area contributed by atoms with Crippen LogP contribution in [0.15, 0.2) is 42.6 Å². The molecule has 1 aromatic carbocycles. The van der Waals surface area contributed by atoms with Crippen molar-refractivity contribution in [2.24, 2.45) is 0 Å². The second kappa shape index (κ2) is 6.98. The SMILES string of the molecule is O=C(NC1C[C@H]2CC[C@@H](C1)N2C(=O)O)c1ccc(-c2cccc(F)c2)nc1. The number of carboxylic acid groups (broad SMARTS) is 1. The molecule has 140 valence electrons. The van der Waals surface area contributed by atoms with Crippen LogP contribution in [0.3, 0.4) is 0 Å². The number of aromatic nitrogens is 1. The van der Waals surface area contributed by atoms with Gasteiger partial charge in [0.05, 0.1) is 11.3 Å². The molecule has 0 aliphatic carbocycles. The van der Waals surface area contributed by atoms with Gasteiger partial charge in [0.1, 0.15) is 5.82 Å². The fraction of sp³-hybridized carbons (Fsp3) is 0.350. The van der Waals surface area contributed by atoms with Gasteiger partial charge in [0.15, 0.2) is 0 Å². The van der Waals surface area contributed by atoms with Gasteiger partial charge in [-0.05, 0) is 49.9 Å². The zero-order valence-corrected chi connectivity index (χ0v) is 14.6. The molecule has 7 heteroatoms. The first-order chi connectivity index (χ1) is 13.0. The Kier molecular flexibility index (Phi) is 4.51. The monoisotopic (exact) mass is 369 g/mol.